The summed E-state index contributed by atoms with van der Waals surface area (Å²) in [6, 6.07) is 3.53. The molecule has 1 amide bonds. The van der Waals surface area contributed by atoms with Gasteiger partial charge in [-0.05, 0) is 42.8 Å². The summed E-state index contributed by atoms with van der Waals surface area (Å²) >= 11 is 0. The largest absolute Gasteiger partial charge is 0.465 e. The fourth-order valence-electron chi connectivity index (χ4n) is 2.43. The molecular formula is C18H28F3NO4Si. The van der Waals surface area contributed by atoms with Crippen LogP contribution < -0.4 is 5.32 Å². The summed E-state index contributed by atoms with van der Waals surface area (Å²) in [5, 5.41) is 21.8. The first-order chi connectivity index (χ1) is 12.1. The molecule has 1 unspecified atom stereocenters. The van der Waals surface area contributed by atoms with Crippen LogP contribution in [0.25, 0.3) is 0 Å². The molecule has 154 valence electrons. The molecule has 0 aromatic heterocycles. The molecule has 0 saturated carbocycles. The smallest absolute Gasteiger partial charge is 0.416 e. The van der Waals surface area contributed by atoms with E-state index in [-0.39, 0.29) is 5.04 Å². The van der Waals surface area contributed by atoms with E-state index in [1.807, 2.05) is 33.9 Å². The lowest BCUT2D eigenvalue weighted by molar-refractivity contribution is -0.137. The Morgan fingerprint density at radius 3 is 2.00 bits per heavy atom. The Hall–Kier alpha value is -1.58. The van der Waals surface area contributed by atoms with Gasteiger partial charge in [0.25, 0.3) is 0 Å². The van der Waals surface area contributed by atoms with Crippen LogP contribution in [0.2, 0.25) is 18.1 Å². The molecule has 0 spiro atoms. The maximum atomic E-state index is 12.8. The van der Waals surface area contributed by atoms with Gasteiger partial charge in [0.2, 0.25) is 0 Å². The molecule has 0 saturated heterocycles. The standard InChI is InChI=1S/C18H28F3NO4Si/c1-11(22-16(24)25)14(15(23)26-27(5,6)17(2,3)4)12-7-9-13(10-8-12)18(19,20)21/h7-11,14-15,22-23H,1-6H3,(H,24,25)/t11-,14-,15?/m0/s1. The van der Waals surface area contributed by atoms with Crippen LogP contribution in [0.4, 0.5) is 18.0 Å². The molecule has 0 bridgehead atoms. The van der Waals surface area contributed by atoms with Crippen molar-refractivity contribution < 1.29 is 32.6 Å². The van der Waals surface area contributed by atoms with E-state index in [9.17, 15) is 23.1 Å². The molecule has 0 radical (unpaired) electrons. The molecule has 1 aromatic rings. The lowest BCUT2D eigenvalue weighted by Gasteiger charge is -2.40. The number of carboxylic acid groups (broad SMARTS) is 1. The monoisotopic (exact) mass is 407 g/mol. The highest BCUT2D eigenvalue weighted by molar-refractivity contribution is 6.74. The molecule has 0 aliphatic rings. The molecule has 1 rings (SSSR count). The zero-order valence-electron chi connectivity index (χ0n) is 16.4. The van der Waals surface area contributed by atoms with Gasteiger partial charge in [0.1, 0.15) is 0 Å². The van der Waals surface area contributed by atoms with E-state index >= 15 is 0 Å². The SMILES string of the molecule is C[C@H](NC(=O)O)[C@@H](c1ccc(C(F)(F)F)cc1)C(O)O[Si](C)(C)C(C)(C)C. The van der Waals surface area contributed by atoms with Gasteiger partial charge < -0.3 is 20.0 Å². The second-order valence-electron chi connectivity index (χ2n) is 8.15. The Morgan fingerprint density at radius 1 is 1.15 bits per heavy atom. The Balaban J connectivity index is 3.22. The summed E-state index contributed by atoms with van der Waals surface area (Å²) in [6.45, 7) is 11.3. The first-order valence-corrected chi connectivity index (χ1v) is 11.5. The summed E-state index contributed by atoms with van der Waals surface area (Å²) < 4.78 is 44.4. The molecular weight excluding hydrogens is 379 g/mol. The van der Waals surface area contributed by atoms with Crippen LogP contribution in [0.3, 0.4) is 0 Å². The minimum Gasteiger partial charge on any atom is -0.465 e. The number of nitrogens with one attached hydrogen (secondary N) is 1. The lowest BCUT2D eigenvalue weighted by atomic mass is 9.91. The van der Waals surface area contributed by atoms with Crippen LogP contribution in [0.5, 0.6) is 0 Å². The van der Waals surface area contributed by atoms with Crippen molar-refractivity contribution in [3.63, 3.8) is 0 Å². The quantitative estimate of drug-likeness (QED) is 0.468. The van der Waals surface area contributed by atoms with Crippen LogP contribution in [0.1, 0.15) is 44.7 Å². The van der Waals surface area contributed by atoms with Crippen LogP contribution in [0.15, 0.2) is 24.3 Å². The Morgan fingerprint density at radius 2 is 1.63 bits per heavy atom. The average Bonchev–Trinajstić information content (AvgIpc) is 2.44. The van der Waals surface area contributed by atoms with Crippen molar-refractivity contribution in [1.29, 1.82) is 0 Å². The summed E-state index contributed by atoms with van der Waals surface area (Å²) in [5.74, 6) is -0.863. The van der Waals surface area contributed by atoms with Crippen molar-refractivity contribution in [3.8, 4) is 0 Å². The number of hydrogen-bond acceptors (Lipinski definition) is 3. The molecule has 1 aromatic carbocycles. The van der Waals surface area contributed by atoms with Crippen LogP contribution in [-0.2, 0) is 10.6 Å². The average molecular weight is 408 g/mol. The van der Waals surface area contributed by atoms with Gasteiger partial charge in [-0.15, -0.1) is 0 Å². The fraction of sp³-hybridized carbons (Fsp3) is 0.611. The van der Waals surface area contributed by atoms with E-state index in [1.54, 1.807) is 0 Å². The maximum absolute atomic E-state index is 12.8. The molecule has 5 nitrogen and oxygen atoms in total. The second-order valence-corrected chi connectivity index (χ2v) is 12.9. The molecule has 0 heterocycles. The Kier molecular flexibility index (Phi) is 7.12. The van der Waals surface area contributed by atoms with Crippen molar-refractivity contribution >= 4 is 14.4 Å². The van der Waals surface area contributed by atoms with E-state index in [4.69, 9.17) is 9.53 Å². The maximum Gasteiger partial charge on any atom is 0.416 e. The van der Waals surface area contributed by atoms with Gasteiger partial charge in [-0.2, -0.15) is 13.2 Å². The summed E-state index contributed by atoms with van der Waals surface area (Å²) in [7, 11) is -2.40. The van der Waals surface area contributed by atoms with Crippen molar-refractivity contribution in [2.24, 2.45) is 0 Å². The van der Waals surface area contributed by atoms with E-state index in [1.165, 1.54) is 19.1 Å². The Bertz CT molecular complexity index is 641. The fourth-order valence-corrected chi connectivity index (χ4v) is 3.53. The van der Waals surface area contributed by atoms with E-state index in [2.05, 4.69) is 5.32 Å². The predicted molar refractivity (Wildman–Crippen MR) is 99.1 cm³/mol. The van der Waals surface area contributed by atoms with Gasteiger partial charge in [-0.1, -0.05) is 32.9 Å². The van der Waals surface area contributed by atoms with E-state index in [0.29, 0.717) is 5.56 Å². The number of aliphatic hydroxyl groups is 1. The number of halogens is 3. The number of hydrogen-bond donors (Lipinski definition) is 3. The van der Waals surface area contributed by atoms with Crippen molar-refractivity contribution in [2.45, 2.75) is 70.3 Å². The van der Waals surface area contributed by atoms with Crippen molar-refractivity contribution in [1.82, 2.24) is 5.32 Å². The highest BCUT2D eigenvalue weighted by Crippen LogP contribution is 2.39. The minimum atomic E-state index is -4.48. The number of aliphatic hydroxyl groups excluding tert-OH is 1. The van der Waals surface area contributed by atoms with Crippen molar-refractivity contribution in [2.75, 3.05) is 0 Å². The number of amides is 1. The van der Waals surface area contributed by atoms with Crippen LogP contribution in [0, 0.1) is 0 Å². The van der Waals surface area contributed by atoms with Gasteiger partial charge in [-0.25, -0.2) is 4.79 Å². The van der Waals surface area contributed by atoms with Gasteiger partial charge >= 0.3 is 12.3 Å². The summed E-state index contributed by atoms with van der Waals surface area (Å²) in [5.41, 5.74) is -0.459. The number of alkyl halides is 3. The van der Waals surface area contributed by atoms with Gasteiger partial charge in [0, 0.05) is 6.04 Å². The summed E-state index contributed by atoms with van der Waals surface area (Å²) in [6.07, 6.45) is -7.14. The van der Waals surface area contributed by atoms with Gasteiger partial charge in [0.05, 0.1) is 11.5 Å². The molecule has 9 heteroatoms. The number of benzene rings is 1. The van der Waals surface area contributed by atoms with Gasteiger partial charge in [-0.3, -0.25) is 0 Å². The molecule has 3 N–H and O–H groups in total. The first-order valence-electron chi connectivity index (χ1n) is 8.59. The Labute approximate surface area is 158 Å². The zero-order valence-corrected chi connectivity index (χ0v) is 17.4. The van der Waals surface area contributed by atoms with E-state index in [0.717, 1.165) is 12.1 Å². The highest BCUT2D eigenvalue weighted by atomic mass is 28.4. The van der Waals surface area contributed by atoms with Gasteiger partial charge in [0.15, 0.2) is 14.6 Å². The topological polar surface area (TPSA) is 78.8 Å². The normalized spacial score (nSPS) is 16.5. The molecule has 0 aliphatic carbocycles. The summed E-state index contributed by atoms with van der Waals surface area (Å²) in [4.78, 5) is 11.0. The first kappa shape index (κ1) is 23.5. The van der Waals surface area contributed by atoms with Crippen LogP contribution in [-0.4, -0.2) is 37.0 Å². The third-order valence-corrected chi connectivity index (χ3v) is 9.48. The zero-order chi connectivity index (χ0) is 21.2. The lowest BCUT2D eigenvalue weighted by Crippen LogP contribution is -2.49. The minimum absolute atomic E-state index is 0.206. The van der Waals surface area contributed by atoms with Crippen molar-refractivity contribution in [3.05, 3.63) is 35.4 Å². The van der Waals surface area contributed by atoms with E-state index < -0.39 is 44.4 Å². The second kappa shape index (κ2) is 8.20. The molecule has 3 atom stereocenters. The number of carbonyl (C=O) groups is 1. The third kappa shape index (κ3) is 6.22. The molecule has 27 heavy (non-hydrogen) atoms. The van der Waals surface area contributed by atoms with Crippen LogP contribution >= 0.6 is 0 Å². The predicted octanol–water partition coefficient (Wildman–Crippen LogP) is 4.79. The molecule has 0 aliphatic heterocycles. The highest BCUT2D eigenvalue weighted by Gasteiger charge is 2.42. The third-order valence-electron chi connectivity index (χ3n) is 5.04. The number of rotatable bonds is 6. The molecule has 0 fully saturated rings.